The number of H-pyrrole nitrogens is 1. The van der Waals surface area contributed by atoms with Gasteiger partial charge < -0.3 is 28.8 Å². The summed E-state index contributed by atoms with van der Waals surface area (Å²) in [4.78, 5) is 59.6. The highest BCUT2D eigenvalue weighted by Gasteiger charge is 2.40. The largest absolute Gasteiger partial charge is 0.477 e. The van der Waals surface area contributed by atoms with Gasteiger partial charge in [-0.2, -0.15) is 5.10 Å². The van der Waals surface area contributed by atoms with E-state index in [-0.39, 0.29) is 51.4 Å². The van der Waals surface area contributed by atoms with Gasteiger partial charge in [0, 0.05) is 58.9 Å². The number of amides is 2. The average Bonchev–Trinajstić information content (AvgIpc) is 4.19. The average molecular weight is 1180 g/mol. The molecule has 4 saturated carbocycles. The first-order valence-electron chi connectivity index (χ1n) is 26.9. The van der Waals surface area contributed by atoms with Gasteiger partial charge in [0.1, 0.15) is 22.4 Å². The molecule has 0 saturated heterocycles. The highest BCUT2D eigenvalue weighted by Crippen LogP contribution is 2.43. The Bertz CT molecular complexity index is 2780. The molecule has 4 aliphatic rings. The van der Waals surface area contributed by atoms with Crippen molar-refractivity contribution in [2.45, 2.75) is 185 Å². The SMILES string of the molecule is CC1CCC(C(=O)N(c2cc(C#CC(C)(C)C)sc2C(=O)O)C2CCC(Sc3nncn3C)CC2)CC1.COC(=O)c1sc(C#CC(C)(C)C)cc1N(C(=O)C1CCC(C)CC1)C1CCC(Br)CC1.Cn1cn[nH]c1=S. The monoisotopic (exact) mass is 1180 g/mol. The van der Waals surface area contributed by atoms with E-state index in [0.717, 1.165) is 113 Å². The van der Waals surface area contributed by atoms with E-state index in [4.69, 9.17) is 17.0 Å². The first kappa shape index (κ1) is 61.0. The topological polar surface area (TPSA) is 169 Å². The first-order chi connectivity index (χ1) is 35.9. The molecule has 4 fully saturated rings. The zero-order valence-corrected chi connectivity index (χ0v) is 51.2. The van der Waals surface area contributed by atoms with Crippen LogP contribution in [0.1, 0.15) is 187 Å². The molecule has 0 unspecified atom stereocenters. The molecule has 4 aromatic heterocycles. The molecule has 14 nitrogen and oxygen atoms in total. The Kier molecular flexibility index (Phi) is 22.1. The Morgan fingerprint density at radius 3 is 1.57 bits per heavy atom. The van der Waals surface area contributed by atoms with Gasteiger partial charge in [0.2, 0.25) is 11.8 Å². The number of hydrogen-bond donors (Lipinski definition) is 2. The number of aromatic nitrogens is 6. The number of ether oxygens (including phenoxy) is 1. The lowest BCUT2D eigenvalue weighted by Crippen LogP contribution is -2.46. The van der Waals surface area contributed by atoms with Crippen molar-refractivity contribution in [1.29, 1.82) is 0 Å². The van der Waals surface area contributed by atoms with Gasteiger partial charge in [-0.05, 0) is 180 Å². The minimum absolute atomic E-state index is 0.0145. The van der Waals surface area contributed by atoms with Crippen molar-refractivity contribution >= 4 is 97.7 Å². The summed E-state index contributed by atoms with van der Waals surface area (Å²) in [5, 5.41) is 25.9. The third-order valence-corrected chi connectivity index (χ3v) is 19.2. The molecule has 4 aliphatic carbocycles. The molecule has 19 heteroatoms. The number of carboxylic acids is 1. The van der Waals surface area contributed by atoms with Gasteiger partial charge >= 0.3 is 11.9 Å². The summed E-state index contributed by atoms with van der Waals surface area (Å²) >= 11 is 12.7. The number of aromatic amines is 1. The fraction of sp³-hybridized carbons (Fsp3) is 0.649. The minimum Gasteiger partial charge on any atom is -0.477 e. The van der Waals surface area contributed by atoms with Gasteiger partial charge in [0.15, 0.2) is 9.93 Å². The van der Waals surface area contributed by atoms with Crippen LogP contribution in [0.15, 0.2) is 29.9 Å². The highest BCUT2D eigenvalue weighted by molar-refractivity contribution is 9.09. The van der Waals surface area contributed by atoms with E-state index < -0.39 is 11.9 Å². The van der Waals surface area contributed by atoms with Crippen molar-refractivity contribution < 1.29 is 29.0 Å². The van der Waals surface area contributed by atoms with Gasteiger partial charge in [-0.1, -0.05) is 65.2 Å². The number of hydrogen-bond acceptors (Lipinski definition) is 12. The molecule has 0 bridgehead atoms. The maximum absolute atomic E-state index is 14.1. The van der Waals surface area contributed by atoms with E-state index in [1.54, 1.807) is 29.0 Å². The van der Waals surface area contributed by atoms with Gasteiger partial charge in [-0.3, -0.25) is 14.7 Å². The molecule has 0 spiro atoms. The van der Waals surface area contributed by atoms with Gasteiger partial charge in [0.05, 0.1) is 28.2 Å². The third-order valence-electron chi connectivity index (χ3n) is 14.5. The lowest BCUT2D eigenvalue weighted by Gasteiger charge is -2.39. The van der Waals surface area contributed by atoms with Crippen LogP contribution in [0.5, 0.6) is 0 Å². The number of carboxylic acid groups (broad SMARTS) is 1. The maximum Gasteiger partial charge on any atom is 0.350 e. The van der Waals surface area contributed by atoms with Crippen LogP contribution in [0.25, 0.3) is 0 Å². The van der Waals surface area contributed by atoms with Crippen molar-refractivity contribution in [3.8, 4) is 23.7 Å². The normalized spacial score (nSPS) is 23.6. The van der Waals surface area contributed by atoms with Crippen LogP contribution >= 0.6 is 62.6 Å². The first-order valence-corrected chi connectivity index (χ1v) is 30.8. The molecular formula is C57H79BrN8O6S4. The number of rotatable bonds is 10. The molecule has 8 rings (SSSR count). The number of carbonyl (C=O) groups excluding carboxylic acids is 3. The molecule has 0 aromatic carbocycles. The summed E-state index contributed by atoms with van der Waals surface area (Å²) in [5.41, 5.74) is 0.893. The number of thiophene rings is 2. The smallest absolute Gasteiger partial charge is 0.350 e. The van der Waals surface area contributed by atoms with Crippen molar-refractivity contribution in [3.05, 3.63) is 49.1 Å². The molecule has 2 amide bonds. The van der Waals surface area contributed by atoms with Gasteiger partial charge in [-0.25, -0.2) is 9.59 Å². The summed E-state index contributed by atoms with van der Waals surface area (Å²) in [7, 11) is 5.19. The second kappa shape index (κ2) is 27.5. The Morgan fingerprint density at radius 2 is 1.18 bits per heavy atom. The summed E-state index contributed by atoms with van der Waals surface area (Å²) in [6.45, 7) is 16.8. The number of halogens is 1. The number of carbonyl (C=O) groups is 4. The second-order valence-electron chi connectivity index (χ2n) is 23.2. The quantitative estimate of drug-likeness (QED) is 0.0671. The number of esters is 1. The molecule has 4 aromatic rings. The molecule has 4 heterocycles. The van der Waals surface area contributed by atoms with E-state index in [1.165, 1.54) is 29.8 Å². The molecule has 0 aliphatic heterocycles. The number of nitrogens with zero attached hydrogens (tertiary/aromatic N) is 7. The van der Waals surface area contributed by atoms with Gasteiger partial charge in [0.25, 0.3) is 0 Å². The maximum atomic E-state index is 14.1. The lowest BCUT2D eigenvalue weighted by molar-refractivity contribution is -0.125. The molecular weight excluding hydrogens is 1100 g/mol. The van der Waals surface area contributed by atoms with E-state index >= 15 is 0 Å². The number of anilines is 2. The third kappa shape index (κ3) is 17.4. The fourth-order valence-corrected chi connectivity index (χ4v) is 13.6. The van der Waals surface area contributed by atoms with Crippen LogP contribution < -0.4 is 9.80 Å². The highest BCUT2D eigenvalue weighted by atomic mass is 79.9. The van der Waals surface area contributed by atoms with E-state index in [0.29, 0.717) is 47.8 Å². The molecule has 0 radical (unpaired) electrons. The number of alkyl halides is 1. The molecule has 0 atom stereocenters. The Balaban J connectivity index is 0.000000220. The van der Waals surface area contributed by atoms with E-state index in [2.05, 4.69) is 94.6 Å². The second-order valence-corrected chi connectivity index (χ2v) is 28.3. The zero-order valence-electron chi connectivity index (χ0n) is 46.4. The zero-order chi connectivity index (χ0) is 55.5. The summed E-state index contributed by atoms with van der Waals surface area (Å²) in [5.74, 6) is 13.0. The number of aromatic carboxylic acids is 1. The number of methoxy groups -OCH3 is 1. The number of aryl methyl sites for hydroxylation is 2. The number of thioether (sulfide) groups is 1. The predicted octanol–water partition coefficient (Wildman–Crippen LogP) is 13.5. The molecule has 76 heavy (non-hydrogen) atoms. The predicted molar refractivity (Wildman–Crippen MR) is 313 cm³/mol. The van der Waals surface area contributed by atoms with Crippen LogP contribution in [-0.4, -0.2) is 87.7 Å². The van der Waals surface area contributed by atoms with Crippen LogP contribution in [0.3, 0.4) is 0 Å². The van der Waals surface area contributed by atoms with Crippen molar-refractivity contribution in [2.75, 3.05) is 16.9 Å². The van der Waals surface area contributed by atoms with Crippen LogP contribution in [0, 0.1) is 63.0 Å². The van der Waals surface area contributed by atoms with Crippen LogP contribution in [0.2, 0.25) is 0 Å². The Morgan fingerprint density at radius 1 is 0.724 bits per heavy atom. The van der Waals surface area contributed by atoms with E-state index in [1.807, 2.05) is 61.4 Å². The van der Waals surface area contributed by atoms with Crippen molar-refractivity contribution in [3.63, 3.8) is 0 Å². The summed E-state index contributed by atoms with van der Waals surface area (Å²) in [6.07, 6.45) is 18.7. The standard InChI is InChI=1S/C28H38N4O3S2.C26H36BrNO3S.C3H5N3S/c1-18-6-8-19(9-7-18)25(33)32(20-10-12-21(13-11-20)37-27-30-29-17-31(27)5)23-16-22(14-15-28(2,3)4)36-24(23)26(34)35;1-17-6-8-18(9-7-17)24(29)28(20-12-10-19(27)11-13-20)22-16-21(14-15-26(2,3)4)32-23(22)25(30)31-5;1-6-2-4-5-3(6)7/h16-21H,6-13H2,1-5H3,(H,34,35);16-20H,6-13H2,1-5H3;2H,1H3,(H,5,7). The summed E-state index contributed by atoms with van der Waals surface area (Å²) < 4.78 is 9.42. The van der Waals surface area contributed by atoms with Crippen molar-refractivity contribution in [2.24, 2.45) is 48.6 Å². The van der Waals surface area contributed by atoms with Crippen LogP contribution in [0.4, 0.5) is 11.4 Å². The molecule has 2 N–H and O–H groups in total. The van der Waals surface area contributed by atoms with E-state index in [9.17, 15) is 24.3 Å². The Hall–Kier alpha value is -4.27. The van der Waals surface area contributed by atoms with Crippen LogP contribution in [-0.2, 0) is 28.4 Å². The van der Waals surface area contributed by atoms with Gasteiger partial charge in [-0.15, -0.1) is 32.9 Å². The summed E-state index contributed by atoms with van der Waals surface area (Å²) in [6, 6.07) is 3.88. The fourth-order valence-electron chi connectivity index (χ4n) is 10.1. The Labute approximate surface area is 476 Å². The number of nitrogens with one attached hydrogen (secondary N) is 1. The lowest BCUT2D eigenvalue weighted by atomic mass is 9.81. The molecule has 414 valence electrons. The van der Waals surface area contributed by atoms with Crippen molar-refractivity contribution in [1.82, 2.24) is 29.5 Å². The minimum atomic E-state index is -0.995.